The fourth-order valence-electron chi connectivity index (χ4n) is 1.69. The van der Waals surface area contributed by atoms with E-state index in [0.29, 0.717) is 5.78 Å². The van der Waals surface area contributed by atoms with E-state index in [-0.39, 0.29) is 11.8 Å². The molecule has 96 valence electrons. The third-order valence-electron chi connectivity index (χ3n) is 2.47. The SMILES string of the molecule is Cc1cc(C)n2nc(C(=O)Nc3ncn[nH]3)nc2n1. The summed E-state index contributed by atoms with van der Waals surface area (Å²) in [6.45, 7) is 3.73. The second-order valence-corrected chi connectivity index (χ2v) is 3.97. The van der Waals surface area contributed by atoms with Gasteiger partial charge in [0.15, 0.2) is 0 Å². The molecule has 3 aromatic heterocycles. The Labute approximate surface area is 107 Å². The molecule has 0 saturated heterocycles. The van der Waals surface area contributed by atoms with E-state index in [1.807, 2.05) is 19.9 Å². The molecule has 3 aromatic rings. The van der Waals surface area contributed by atoms with Crippen LogP contribution < -0.4 is 5.32 Å². The smallest absolute Gasteiger partial charge is 0.288 e. The van der Waals surface area contributed by atoms with Crippen LogP contribution in [0.2, 0.25) is 0 Å². The van der Waals surface area contributed by atoms with Crippen LogP contribution in [0, 0.1) is 13.8 Å². The lowest BCUT2D eigenvalue weighted by Crippen LogP contribution is -2.15. The number of rotatable bonds is 2. The highest BCUT2D eigenvalue weighted by Crippen LogP contribution is 2.06. The van der Waals surface area contributed by atoms with E-state index < -0.39 is 5.91 Å². The van der Waals surface area contributed by atoms with Gasteiger partial charge in [0.25, 0.3) is 11.7 Å². The predicted molar refractivity (Wildman–Crippen MR) is 64.6 cm³/mol. The van der Waals surface area contributed by atoms with E-state index in [2.05, 4.69) is 35.6 Å². The van der Waals surface area contributed by atoms with Crippen LogP contribution in [-0.4, -0.2) is 40.7 Å². The van der Waals surface area contributed by atoms with Gasteiger partial charge in [0.05, 0.1) is 0 Å². The van der Waals surface area contributed by atoms with Gasteiger partial charge in [0.2, 0.25) is 11.8 Å². The van der Waals surface area contributed by atoms with Crippen molar-refractivity contribution in [3.05, 3.63) is 29.6 Å². The van der Waals surface area contributed by atoms with Gasteiger partial charge in [-0.2, -0.15) is 15.1 Å². The summed E-state index contributed by atoms with van der Waals surface area (Å²) >= 11 is 0. The number of carbonyl (C=O) groups is 1. The van der Waals surface area contributed by atoms with E-state index >= 15 is 0 Å². The molecule has 1 amide bonds. The lowest BCUT2D eigenvalue weighted by molar-refractivity contribution is 0.101. The monoisotopic (exact) mass is 258 g/mol. The molecule has 0 saturated carbocycles. The number of hydrogen-bond acceptors (Lipinski definition) is 6. The van der Waals surface area contributed by atoms with Crippen molar-refractivity contribution in [3.63, 3.8) is 0 Å². The Morgan fingerprint density at radius 3 is 2.95 bits per heavy atom. The number of fused-ring (bicyclic) bond motifs is 1. The van der Waals surface area contributed by atoms with Gasteiger partial charge >= 0.3 is 0 Å². The fraction of sp³-hybridized carbons (Fsp3) is 0.200. The second-order valence-electron chi connectivity index (χ2n) is 3.97. The summed E-state index contributed by atoms with van der Waals surface area (Å²) in [5, 5.41) is 12.8. The molecule has 0 aliphatic heterocycles. The summed E-state index contributed by atoms with van der Waals surface area (Å²) in [6, 6.07) is 1.86. The minimum Gasteiger partial charge on any atom is -0.288 e. The Hall–Kier alpha value is -2.84. The molecule has 0 spiro atoms. The van der Waals surface area contributed by atoms with Crippen LogP contribution in [-0.2, 0) is 0 Å². The van der Waals surface area contributed by atoms with Gasteiger partial charge in [-0.25, -0.2) is 14.6 Å². The van der Waals surface area contributed by atoms with Crippen LogP contribution >= 0.6 is 0 Å². The minimum absolute atomic E-state index is 0.0256. The maximum atomic E-state index is 11.9. The Bertz CT molecular complexity index is 744. The van der Waals surface area contributed by atoms with Crippen LogP contribution in [0.15, 0.2) is 12.4 Å². The third kappa shape index (κ3) is 2.01. The average molecular weight is 258 g/mol. The van der Waals surface area contributed by atoms with Crippen molar-refractivity contribution < 1.29 is 4.79 Å². The molecule has 0 aromatic carbocycles. The maximum absolute atomic E-state index is 11.9. The van der Waals surface area contributed by atoms with Gasteiger partial charge < -0.3 is 0 Å². The summed E-state index contributed by atoms with van der Waals surface area (Å²) < 4.78 is 1.52. The van der Waals surface area contributed by atoms with Gasteiger partial charge in [0, 0.05) is 11.4 Å². The summed E-state index contributed by atoms with van der Waals surface area (Å²) in [4.78, 5) is 24.0. The van der Waals surface area contributed by atoms with E-state index in [1.54, 1.807) is 0 Å². The normalized spacial score (nSPS) is 10.8. The first-order valence-electron chi connectivity index (χ1n) is 5.51. The zero-order valence-corrected chi connectivity index (χ0v) is 10.2. The van der Waals surface area contributed by atoms with Crippen molar-refractivity contribution in [2.24, 2.45) is 0 Å². The van der Waals surface area contributed by atoms with Gasteiger partial charge in [-0.05, 0) is 19.9 Å². The number of nitrogens with zero attached hydrogens (tertiary/aromatic N) is 6. The first-order valence-corrected chi connectivity index (χ1v) is 5.51. The van der Waals surface area contributed by atoms with Crippen molar-refractivity contribution in [2.45, 2.75) is 13.8 Å². The predicted octanol–water partition coefficient (Wildman–Crippen LogP) is 0.112. The number of aryl methyl sites for hydroxylation is 2. The molecular weight excluding hydrogens is 248 g/mol. The lowest BCUT2D eigenvalue weighted by atomic mass is 10.4. The molecule has 19 heavy (non-hydrogen) atoms. The van der Waals surface area contributed by atoms with Crippen LogP contribution in [0.1, 0.15) is 22.0 Å². The van der Waals surface area contributed by atoms with Crippen molar-refractivity contribution in [1.82, 2.24) is 34.8 Å². The van der Waals surface area contributed by atoms with Crippen molar-refractivity contribution in [2.75, 3.05) is 5.32 Å². The largest absolute Gasteiger partial charge is 0.297 e. The fourth-order valence-corrected chi connectivity index (χ4v) is 1.69. The van der Waals surface area contributed by atoms with Crippen molar-refractivity contribution in [1.29, 1.82) is 0 Å². The molecule has 0 atom stereocenters. The number of nitrogens with one attached hydrogen (secondary N) is 2. The Morgan fingerprint density at radius 2 is 2.21 bits per heavy atom. The molecule has 0 fully saturated rings. The highest BCUT2D eigenvalue weighted by molar-refractivity contribution is 6.00. The van der Waals surface area contributed by atoms with E-state index in [0.717, 1.165) is 11.4 Å². The number of amides is 1. The molecule has 0 radical (unpaired) electrons. The molecule has 0 unspecified atom stereocenters. The van der Waals surface area contributed by atoms with Crippen molar-refractivity contribution >= 4 is 17.6 Å². The van der Waals surface area contributed by atoms with Crippen LogP contribution in [0.3, 0.4) is 0 Å². The standard InChI is InChI=1S/C10H10N8O/c1-5-3-6(2)18-10(13-5)14-7(17-18)8(19)15-9-11-4-12-16-9/h3-4H,1-2H3,(H2,11,12,15,16,19). The molecule has 3 heterocycles. The number of H-pyrrole nitrogens is 1. The molecule has 0 aliphatic rings. The number of aromatic nitrogens is 7. The number of hydrogen-bond donors (Lipinski definition) is 2. The second kappa shape index (κ2) is 4.12. The molecule has 3 rings (SSSR count). The van der Waals surface area contributed by atoms with E-state index in [9.17, 15) is 4.79 Å². The van der Waals surface area contributed by atoms with Crippen molar-refractivity contribution in [3.8, 4) is 0 Å². The van der Waals surface area contributed by atoms with E-state index in [4.69, 9.17) is 0 Å². The molecule has 9 heteroatoms. The lowest BCUT2D eigenvalue weighted by Gasteiger charge is -1.97. The Balaban J connectivity index is 1.97. The summed E-state index contributed by atoms with van der Waals surface area (Å²) in [5.41, 5.74) is 1.67. The topological polar surface area (TPSA) is 114 Å². The quantitative estimate of drug-likeness (QED) is 0.674. The number of carbonyl (C=O) groups excluding carboxylic acids is 1. The maximum Gasteiger partial charge on any atom is 0.297 e. The number of anilines is 1. The summed E-state index contributed by atoms with van der Waals surface area (Å²) in [5.74, 6) is 0.182. The summed E-state index contributed by atoms with van der Waals surface area (Å²) in [6.07, 6.45) is 1.29. The van der Waals surface area contributed by atoms with Gasteiger partial charge in [-0.1, -0.05) is 0 Å². The molecule has 0 bridgehead atoms. The highest BCUT2D eigenvalue weighted by atomic mass is 16.2. The minimum atomic E-state index is -0.473. The van der Waals surface area contributed by atoms with Crippen LogP contribution in [0.25, 0.3) is 5.78 Å². The zero-order chi connectivity index (χ0) is 13.4. The van der Waals surface area contributed by atoms with Gasteiger partial charge in [-0.15, -0.1) is 5.10 Å². The molecule has 9 nitrogen and oxygen atoms in total. The third-order valence-corrected chi connectivity index (χ3v) is 2.47. The van der Waals surface area contributed by atoms with Gasteiger partial charge in [0.1, 0.15) is 6.33 Å². The highest BCUT2D eigenvalue weighted by Gasteiger charge is 2.15. The molecule has 0 aliphatic carbocycles. The Kier molecular flexibility index (Phi) is 2.44. The summed E-state index contributed by atoms with van der Waals surface area (Å²) in [7, 11) is 0. The zero-order valence-electron chi connectivity index (χ0n) is 10.2. The van der Waals surface area contributed by atoms with Crippen LogP contribution in [0.5, 0.6) is 0 Å². The molecule has 2 N–H and O–H groups in total. The van der Waals surface area contributed by atoms with Crippen LogP contribution in [0.4, 0.5) is 5.95 Å². The Morgan fingerprint density at radius 1 is 1.37 bits per heavy atom. The van der Waals surface area contributed by atoms with E-state index in [1.165, 1.54) is 10.8 Å². The first-order chi connectivity index (χ1) is 9.13. The molecular formula is C10H10N8O. The van der Waals surface area contributed by atoms with Gasteiger partial charge in [-0.3, -0.25) is 10.1 Å². The average Bonchev–Trinajstić information content (AvgIpc) is 2.97. The number of aromatic amines is 1. The first kappa shape index (κ1) is 11.3.